The Balaban J connectivity index is 2.42. The van der Waals surface area contributed by atoms with Crippen molar-refractivity contribution in [2.75, 3.05) is 6.54 Å². The van der Waals surface area contributed by atoms with E-state index in [-0.39, 0.29) is 0 Å². The first-order valence-corrected chi connectivity index (χ1v) is 6.80. The summed E-state index contributed by atoms with van der Waals surface area (Å²) in [6.45, 7) is 12.6. The number of fused-ring (bicyclic) bond motifs is 1. The molecule has 1 aromatic carbocycles. The van der Waals surface area contributed by atoms with Crippen LogP contribution >= 0.6 is 0 Å². The molecule has 0 bridgehead atoms. The summed E-state index contributed by atoms with van der Waals surface area (Å²) in [5, 5.41) is 3.70. The molecule has 1 atom stereocenters. The molecule has 0 saturated heterocycles. The highest BCUT2D eigenvalue weighted by molar-refractivity contribution is 5.48. The quantitative estimate of drug-likeness (QED) is 0.828. The number of rotatable bonds is 3. The maximum Gasteiger partial charge on any atom is 0.0331 e. The SMILES string of the molecule is CCCNC1CC(C)(C)c2c(C)cc(C)cc21. The Morgan fingerprint density at radius 3 is 2.65 bits per heavy atom. The maximum atomic E-state index is 3.70. The first-order chi connectivity index (χ1) is 7.95. The highest BCUT2D eigenvalue weighted by Crippen LogP contribution is 2.46. The normalized spacial score (nSPS) is 21.6. The van der Waals surface area contributed by atoms with Crippen molar-refractivity contribution < 1.29 is 0 Å². The van der Waals surface area contributed by atoms with E-state index in [2.05, 4.69) is 52.1 Å². The standard InChI is InChI=1S/C16H25N/c1-6-7-17-14-10-16(4,5)15-12(3)8-11(2)9-13(14)15/h8-9,14,17H,6-7,10H2,1-5H3. The van der Waals surface area contributed by atoms with Gasteiger partial charge in [0.1, 0.15) is 0 Å². The summed E-state index contributed by atoms with van der Waals surface area (Å²) < 4.78 is 0. The fraction of sp³-hybridized carbons (Fsp3) is 0.625. The summed E-state index contributed by atoms with van der Waals surface area (Å²) in [6.07, 6.45) is 2.43. The number of benzene rings is 1. The molecule has 0 spiro atoms. The first-order valence-electron chi connectivity index (χ1n) is 6.80. The van der Waals surface area contributed by atoms with Crippen LogP contribution < -0.4 is 5.32 Å². The van der Waals surface area contributed by atoms with Crippen molar-refractivity contribution >= 4 is 0 Å². The molecule has 1 aromatic rings. The molecule has 0 amide bonds. The minimum absolute atomic E-state index is 0.318. The van der Waals surface area contributed by atoms with Crippen molar-refractivity contribution in [3.8, 4) is 0 Å². The summed E-state index contributed by atoms with van der Waals surface area (Å²) in [6, 6.07) is 5.26. The zero-order valence-corrected chi connectivity index (χ0v) is 11.9. The molecule has 17 heavy (non-hydrogen) atoms. The molecule has 1 N–H and O–H groups in total. The van der Waals surface area contributed by atoms with Crippen LogP contribution in [0.1, 0.15) is 61.9 Å². The predicted molar refractivity (Wildman–Crippen MR) is 74.6 cm³/mol. The molecule has 1 aliphatic carbocycles. The number of hydrogen-bond acceptors (Lipinski definition) is 1. The first kappa shape index (κ1) is 12.6. The Labute approximate surface area is 106 Å². The zero-order valence-electron chi connectivity index (χ0n) is 11.9. The monoisotopic (exact) mass is 231 g/mol. The van der Waals surface area contributed by atoms with Gasteiger partial charge in [0.2, 0.25) is 0 Å². The lowest BCUT2D eigenvalue weighted by Gasteiger charge is -2.21. The van der Waals surface area contributed by atoms with Gasteiger partial charge in [-0.3, -0.25) is 0 Å². The van der Waals surface area contributed by atoms with Crippen LogP contribution in [0.3, 0.4) is 0 Å². The number of nitrogens with one attached hydrogen (secondary N) is 1. The van der Waals surface area contributed by atoms with Crippen molar-refractivity contribution in [2.45, 2.75) is 58.9 Å². The van der Waals surface area contributed by atoms with E-state index < -0.39 is 0 Å². The number of hydrogen-bond donors (Lipinski definition) is 1. The molecule has 1 heteroatoms. The Morgan fingerprint density at radius 2 is 2.00 bits per heavy atom. The van der Waals surface area contributed by atoms with E-state index >= 15 is 0 Å². The molecule has 0 aliphatic heterocycles. The smallest absolute Gasteiger partial charge is 0.0331 e. The lowest BCUT2D eigenvalue weighted by molar-refractivity contribution is 0.427. The lowest BCUT2D eigenvalue weighted by Crippen LogP contribution is -2.22. The van der Waals surface area contributed by atoms with Crippen molar-refractivity contribution in [2.24, 2.45) is 0 Å². The van der Waals surface area contributed by atoms with E-state index in [9.17, 15) is 0 Å². The largest absolute Gasteiger partial charge is 0.310 e. The van der Waals surface area contributed by atoms with Gasteiger partial charge in [-0.05, 0) is 55.3 Å². The van der Waals surface area contributed by atoms with Gasteiger partial charge < -0.3 is 5.32 Å². The molecule has 0 aromatic heterocycles. The molecule has 94 valence electrons. The van der Waals surface area contributed by atoms with Gasteiger partial charge in [-0.25, -0.2) is 0 Å². The van der Waals surface area contributed by atoms with Crippen LogP contribution in [0.15, 0.2) is 12.1 Å². The van der Waals surface area contributed by atoms with Crippen LogP contribution in [0, 0.1) is 13.8 Å². The number of aryl methyl sites for hydroxylation is 2. The molecule has 0 fully saturated rings. The minimum Gasteiger partial charge on any atom is -0.310 e. The van der Waals surface area contributed by atoms with Gasteiger partial charge in [-0.2, -0.15) is 0 Å². The van der Waals surface area contributed by atoms with E-state index in [4.69, 9.17) is 0 Å². The predicted octanol–water partition coefficient (Wildman–Crippen LogP) is 4.03. The van der Waals surface area contributed by atoms with E-state index in [1.54, 1.807) is 11.1 Å². The highest BCUT2D eigenvalue weighted by Gasteiger charge is 2.37. The van der Waals surface area contributed by atoms with Crippen LogP contribution in [-0.4, -0.2) is 6.54 Å². The molecule has 2 rings (SSSR count). The van der Waals surface area contributed by atoms with Crippen molar-refractivity contribution in [1.82, 2.24) is 5.32 Å². The second-order valence-corrected chi connectivity index (χ2v) is 6.14. The zero-order chi connectivity index (χ0) is 12.6. The molecule has 1 nitrogen and oxygen atoms in total. The van der Waals surface area contributed by atoms with E-state index in [0.717, 1.165) is 6.54 Å². The Morgan fingerprint density at radius 1 is 1.29 bits per heavy atom. The average molecular weight is 231 g/mol. The van der Waals surface area contributed by atoms with Crippen LogP contribution in [0.2, 0.25) is 0 Å². The van der Waals surface area contributed by atoms with E-state index in [1.165, 1.54) is 24.0 Å². The fourth-order valence-electron chi connectivity index (χ4n) is 3.42. The second kappa shape index (κ2) is 4.45. The van der Waals surface area contributed by atoms with Gasteiger partial charge in [-0.1, -0.05) is 38.5 Å². The molecule has 0 saturated carbocycles. The summed E-state index contributed by atoms with van der Waals surface area (Å²) >= 11 is 0. The third kappa shape index (κ3) is 2.26. The van der Waals surface area contributed by atoms with E-state index in [1.807, 2.05) is 0 Å². The molecule has 0 radical (unpaired) electrons. The summed E-state index contributed by atoms with van der Waals surface area (Å²) in [5.41, 5.74) is 6.30. The molecular formula is C16H25N. The lowest BCUT2D eigenvalue weighted by atomic mass is 9.83. The van der Waals surface area contributed by atoms with Crippen molar-refractivity contribution in [3.05, 3.63) is 34.4 Å². The van der Waals surface area contributed by atoms with Gasteiger partial charge >= 0.3 is 0 Å². The highest BCUT2D eigenvalue weighted by atomic mass is 14.9. The molecule has 0 heterocycles. The summed E-state index contributed by atoms with van der Waals surface area (Å²) in [7, 11) is 0. The van der Waals surface area contributed by atoms with Crippen LogP contribution in [0.25, 0.3) is 0 Å². The maximum absolute atomic E-state index is 3.70. The summed E-state index contributed by atoms with van der Waals surface area (Å²) in [4.78, 5) is 0. The Kier molecular flexibility index (Phi) is 3.31. The topological polar surface area (TPSA) is 12.0 Å². The van der Waals surface area contributed by atoms with Crippen LogP contribution in [0.5, 0.6) is 0 Å². The van der Waals surface area contributed by atoms with Gasteiger partial charge in [0, 0.05) is 6.04 Å². The van der Waals surface area contributed by atoms with Crippen LogP contribution in [-0.2, 0) is 5.41 Å². The second-order valence-electron chi connectivity index (χ2n) is 6.14. The Hall–Kier alpha value is -0.820. The van der Waals surface area contributed by atoms with Gasteiger partial charge in [0.15, 0.2) is 0 Å². The average Bonchev–Trinajstić information content (AvgIpc) is 2.46. The molecule has 1 aliphatic rings. The Bertz CT molecular complexity index is 418. The van der Waals surface area contributed by atoms with Gasteiger partial charge in [-0.15, -0.1) is 0 Å². The minimum atomic E-state index is 0.318. The van der Waals surface area contributed by atoms with Crippen molar-refractivity contribution in [3.63, 3.8) is 0 Å². The third-order valence-electron chi connectivity index (χ3n) is 3.92. The third-order valence-corrected chi connectivity index (χ3v) is 3.92. The van der Waals surface area contributed by atoms with Gasteiger partial charge in [0.05, 0.1) is 0 Å². The summed E-state index contributed by atoms with van der Waals surface area (Å²) in [5.74, 6) is 0. The van der Waals surface area contributed by atoms with Crippen molar-refractivity contribution in [1.29, 1.82) is 0 Å². The van der Waals surface area contributed by atoms with Crippen LogP contribution in [0.4, 0.5) is 0 Å². The fourth-order valence-corrected chi connectivity index (χ4v) is 3.42. The van der Waals surface area contributed by atoms with Gasteiger partial charge in [0.25, 0.3) is 0 Å². The molecular weight excluding hydrogens is 206 g/mol. The molecule has 1 unspecified atom stereocenters. The van der Waals surface area contributed by atoms with E-state index in [0.29, 0.717) is 11.5 Å².